The average molecular weight is 634 g/mol. The van der Waals surface area contributed by atoms with Crippen LogP contribution in [0.2, 0.25) is 0 Å². The van der Waals surface area contributed by atoms with Gasteiger partial charge in [0.2, 0.25) is 5.91 Å². The first-order chi connectivity index (χ1) is 22.9. The van der Waals surface area contributed by atoms with Gasteiger partial charge < -0.3 is 29.8 Å². The predicted molar refractivity (Wildman–Crippen MR) is 175 cm³/mol. The summed E-state index contributed by atoms with van der Waals surface area (Å²) < 4.78 is 16.3. The van der Waals surface area contributed by atoms with Crippen LogP contribution in [0.5, 0.6) is 0 Å². The van der Waals surface area contributed by atoms with E-state index >= 15 is 0 Å². The number of carbonyl (C=O) groups is 4. The molecule has 0 saturated heterocycles. The summed E-state index contributed by atoms with van der Waals surface area (Å²) in [5.74, 6) is -2.24. The van der Waals surface area contributed by atoms with Crippen molar-refractivity contribution < 1.29 is 33.4 Å². The second-order valence-corrected chi connectivity index (χ2v) is 10.8. The van der Waals surface area contributed by atoms with Crippen molar-refractivity contribution in [2.24, 2.45) is 0 Å². The summed E-state index contributed by atoms with van der Waals surface area (Å²) in [5, 5.41) is 6.13. The van der Waals surface area contributed by atoms with Crippen LogP contribution in [0.3, 0.4) is 0 Å². The number of aromatic nitrogens is 1. The van der Waals surface area contributed by atoms with Crippen LogP contribution in [0.15, 0.2) is 121 Å². The molecule has 0 aliphatic carbocycles. The summed E-state index contributed by atoms with van der Waals surface area (Å²) in [6, 6.07) is 32.2. The molecule has 1 heterocycles. The van der Waals surface area contributed by atoms with Gasteiger partial charge in [-0.15, -0.1) is 0 Å². The zero-order chi connectivity index (χ0) is 32.8. The number of benzene rings is 4. The van der Waals surface area contributed by atoms with E-state index in [9.17, 15) is 19.2 Å². The molecule has 4 aromatic carbocycles. The van der Waals surface area contributed by atoms with Gasteiger partial charge in [0.15, 0.2) is 0 Å². The van der Waals surface area contributed by atoms with Crippen LogP contribution in [0.25, 0.3) is 10.9 Å². The number of fused-ring (bicyclic) bond motifs is 1. The minimum atomic E-state index is -1.39. The van der Waals surface area contributed by atoms with E-state index in [1.165, 1.54) is 0 Å². The van der Waals surface area contributed by atoms with Gasteiger partial charge in [-0.2, -0.15) is 0 Å². The molecule has 240 valence electrons. The van der Waals surface area contributed by atoms with Crippen molar-refractivity contribution in [3.05, 3.63) is 144 Å². The van der Waals surface area contributed by atoms with Crippen molar-refractivity contribution in [3.8, 4) is 0 Å². The number of amides is 2. The lowest BCUT2D eigenvalue weighted by Crippen LogP contribution is -2.53. The van der Waals surface area contributed by atoms with Crippen molar-refractivity contribution >= 4 is 34.8 Å². The van der Waals surface area contributed by atoms with Gasteiger partial charge in [0.25, 0.3) is 0 Å². The fourth-order valence-corrected chi connectivity index (χ4v) is 4.90. The van der Waals surface area contributed by atoms with Gasteiger partial charge in [0, 0.05) is 23.5 Å². The van der Waals surface area contributed by atoms with Crippen molar-refractivity contribution in [2.45, 2.75) is 44.7 Å². The molecule has 5 aromatic rings. The van der Waals surface area contributed by atoms with Crippen LogP contribution in [0, 0.1) is 0 Å². The van der Waals surface area contributed by atoms with E-state index in [4.69, 9.17) is 14.2 Å². The molecular formula is C37H35N3O7. The molecule has 0 saturated carbocycles. The number of rotatable bonds is 14. The van der Waals surface area contributed by atoms with Crippen LogP contribution in [0.4, 0.5) is 4.79 Å². The highest BCUT2D eigenvalue weighted by atomic mass is 16.6. The van der Waals surface area contributed by atoms with Gasteiger partial charge in [0.05, 0.1) is 6.42 Å². The van der Waals surface area contributed by atoms with Crippen LogP contribution in [-0.4, -0.2) is 41.0 Å². The van der Waals surface area contributed by atoms with E-state index in [0.717, 1.165) is 33.2 Å². The first-order valence-corrected chi connectivity index (χ1v) is 15.2. The molecule has 0 bridgehead atoms. The lowest BCUT2D eigenvalue weighted by atomic mass is 10.0. The van der Waals surface area contributed by atoms with E-state index in [2.05, 4.69) is 15.6 Å². The second kappa shape index (κ2) is 16.4. The molecule has 0 unspecified atom stereocenters. The van der Waals surface area contributed by atoms with Gasteiger partial charge in [-0.3, -0.25) is 9.59 Å². The van der Waals surface area contributed by atoms with Gasteiger partial charge >= 0.3 is 18.0 Å². The van der Waals surface area contributed by atoms with E-state index in [1.807, 2.05) is 78.9 Å². The Balaban J connectivity index is 1.31. The molecule has 1 aromatic heterocycles. The number of aromatic amines is 1. The molecule has 0 radical (unpaired) electrons. The topological polar surface area (TPSA) is 136 Å². The molecule has 47 heavy (non-hydrogen) atoms. The number of alkyl carbamates (subject to hydrolysis) is 1. The quantitative estimate of drug-likeness (QED) is 0.111. The lowest BCUT2D eigenvalue weighted by molar-refractivity contribution is -0.155. The van der Waals surface area contributed by atoms with E-state index in [1.54, 1.807) is 42.6 Å². The number of esters is 2. The van der Waals surface area contributed by atoms with Gasteiger partial charge in [0.1, 0.15) is 31.9 Å². The van der Waals surface area contributed by atoms with Crippen LogP contribution in [0.1, 0.15) is 28.7 Å². The van der Waals surface area contributed by atoms with Crippen molar-refractivity contribution in [1.29, 1.82) is 0 Å². The van der Waals surface area contributed by atoms with E-state index in [-0.39, 0.29) is 26.2 Å². The Kier molecular flexibility index (Phi) is 11.4. The average Bonchev–Trinajstić information content (AvgIpc) is 3.52. The Bertz CT molecular complexity index is 1780. The zero-order valence-electron chi connectivity index (χ0n) is 25.6. The fourth-order valence-electron chi connectivity index (χ4n) is 4.90. The van der Waals surface area contributed by atoms with E-state index in [0.29, 0.717) is 0 Å². The van der Waals surface area contributed by atoms with Crippen molar-refractivity contribution in [2.75, 3.05) is 0 Å². The standard InChI is InChI=1S/C37H35N3O7/c41-34(45-23-26-12-4-1-5-13-26)21-33(36(43)46-24-27-14-6-2-7-15-27)39-35(42)32(20-29-22-38-31-19-11-10-18-30(29)31)40-37(44)47-25-28-16-8-3-9-17-28/h1-19,22,32-33,38H,20-21,23-25H2,(H,39,42)(H,40,44)/t32-,33+/m1/s1. The normalized spacial score (nSPS) is 12.0. The molecule has 10 nitrogen and oxygen atoms in total. The molecule has 0 aliphatic rings. The first kappa shape index (κ1) is 32.5. The highest BCUT2D eigenvalue weighted by Crippen LogP contribution is 2.19. The maximum absolute atomic E-state index is 13.8. The number of hydrogen-bond acceptors (Lipinski definition) is 7. The highest BCUT2D eigenvalue weighted by molar-refractivity contribution is 5.92. The third-order valence-electron chi connectivity index (χ3n) is 7.36. The number of nitrogens with one attached hydrogen (secondary N) is 3. The Labute approximate surface area is 272 Å². The largest absolute Gasteiger partial charge is 0.461 e. The summed E-state index contributed by atoms with van der Waals surface area (Å²) in [7, 11) is 0. The molecule has 2 atom stereocenters. The fraction of sp³-hybridized carbons (Fsp3) is 0.189. The third-order valence-corrected chi connectivity index (χ3v) is 7.36. The Morgan fingerprint density at radius 3 is 1.74 bits per heavy atom. The zero-order valence-corrected chi connectivity index (χ0v) is 25.6. The van der Waals surface area contributed by atoms with Crippen LogP contribution in [-0.2, 0) is 54.8 Å². The summed E-state index contributed by atoms with van der Waals surface area (Å²) in [4.78, 5) is 56.1. The van der Waals surface area contributed by atoms with Gasteiger partial charge in [-0.05, 0) is 28.3 Å². The number of ether oxygens (including phenoxy) is 3. The number of para-hydroxylation sites is 1. The molecular weight excluding hydrogens is 598 g/mol. The maximum Gasteiger partial charge on any atom is 0.408 e. The minimum absolute atomic E-state index is 0.00258. The first-order valence-electron chi connectivity index (χ1n) is 15.2. The van der Waals surface area contributed by atoms with Gasteiger partial charge in [-0.1, -0.05) is 109 Å². The smallest absolute Gasteiger partial charge is 0.408 e. The maximum atomic E-state index is 13.8. The Morgan fingerprint density at radius 1 is 0.596 bits per heavy atom. The van der Waals surface area contributed by atoms with Crippen LogP contribution >= 0.6 is 0 Å². The molecule has 0 spiro atoms. The monoisotopic (exact) mass is 633 g/mol. The number of carbonyl (C=O) groups excluding carboxylic acids is 4. The predicted octanol–water partition coefficient (Wildman–Crippen LogP) is 5.37. The summed E-state index contributed by atoms with van der Waals surface area (Å²) >= 11 is 0. The highest BCUT2D eigenvalue weighted by Gasteiger charge is 2.31. The lowest BCUT2D eigenvalue weighted by Gasteiger charge is -2.22. The second-order valence-electron chi connectivity index (χ2n) is 10.8. The Hall–Kier alpha value is -5.90. The summed E-state index contributed by atoms with van der Waals surface area (Å²) in [6.07, 6.45) is 0.527. The third kappa shape index (κ3) is 9.79. The molecule has 0 aliphatic heterocycles. The summed E-state index contributed by atoms with van der Waals surface area (Å²) in [6.45, 7) is -0.0683. The molecule has 0 fully saturated rings. The number of H-pyrrole nitrogens is 1. The Morgan fingerprint density at radius 2 is 1.13 bits per heavy atom. The SMILES string of the molecule is O=C(C[C@H](NC(=O)[C@@H](Cc1c[nH]c2ccccc12)NC(=O)OCc1ccccc1)C(=O)OCc1ccccc1)OCc1ccccc1. The molecule has 5 rings (SSSR count). The van der Waals surface area contributed by atoms with Gasteiger partial charge in [-0.25, -0.2) is 9.59 Å². The summed E-state index contributed by atoms with van der Waals surface area (Å²) in [5.41, 5.74) is 3.89. The minimum Gasteiger partial charge on any atom is -0.461 e. The van der Waals surface area contributed by atoms with Crippen LogP contribution < -0.4 is 10.6 Å². The molecule has 2 amide bonds. The molecule has 10 heteroatoms. The number of hydrogen-bond donors (Lipinski definition) is 3. The van der Waals surface area contributed by atoms with Crippen molar-refractivity contribution in [1.82, 2.24) is 15.6 Å². The van der Waals surface area contributed by atoms with Crippen molar-refractivity contribution in [3.63, 3.8) is 0 Å². The molecule has 3 N–H and O–H groups in total. The van der Waals surface area contributed by atoms with E-state index < -0.39 is 42.4 Å².